The number of rotatable bonds is 20. The molecule has 0 aliphatic carbocycles. The molecule has 31 heteroatoms. The average molecular weight is 1180 g/mol. The van der Waals surface area contributed by atoms with Gasteiger partial charge in [0, 0.05) is 31.4 Å². The fourth-order valence-electron chi connectivity index (χ4n) is 8.71. The van der Waals surface area contributed by atoms with Crippen LogP contribution in [-0.4, -0.2) is 198 Å². The van der Waals surface area contributed by atoms with Crippen LogP contribution < -0.4 is 76.5 Å². The first-order chi connectivity index (χ1) is 38.3. The molecule has 0 radical (unpaired) electrons. The van der Waals surface area contributed by atoms with E-state index < -0.39 is 144 Å². The summed E-state index contributed by atoms with van der Waals surface area (Å²) in [6.07, 6.45) is 3.32. The monoisotopic (exact) mass is 1180 g/mol. The molecule has 0 saturated carbocycles. The molecule has 2 saturated heterocycles. The highest BCUT2D eigenvalue weighted by molar-refractivity contribution is 8.00. The van der Waals surface area contributed by atoms with Crippen molar-refractivity contribution in [3.05, 3.63) is 0 Å². The Morgan fingerprint density at radius 1 is 0.667 bits per heavy atom. The van der Waals surface area contributed by atoms with E-state index in [1.54, 1.807) is 40.9 Å². The van der Waals surface area contributed by atoms with Crippen LogP contribution in [0.1, 0.15) is 112 Å². The number of guanidine groups is 2. The Morgan fingerprint density at radius 2 is 1.20 bits per heavy atom. The number of aliphatic imine (C=N–C) groups is 2. The van der Waals surface area contributed by atoms with Crippen LogP contribution in [0.2, 0.25) is 0 Å². The molecule has 10 atom stereocenters. The van der Waals surface area contributed by atoms with Gasteiger partial charge < -0.3 is 86.5 Å². The number of aliphatic carboxylic acids is 1. The van der Waals surface area contributed by atoms with E-state index in [0.29, 0.717) is 38.0 Å². The van der Waals surface area contributed by atoms with Crippen molar-refractivity contribution in [2.24, 2.45) is 50.5 Å². The lowest BCUT2D eigenvalue weighted by molar-refractivity contribution is -0.146. The third-order valence-electron chi connectivity index (χ3n) is 13.3. The van der Waals surface area contributed by atoms with Gasteiger partial charge in [-0.1, -0.05) is 34.1 Å². The maximum atomic E-state index is 14.4. The minimum absolute atomic E-state index is 0.00398. The quantitative estimate of drug-likeness (QED) is 0.0313. The van der Waals surface area contributed by atoms with Crippen LogP contribution in [0, 0.1) is 11.8 Å². The third kappa shape index (κ3) is 26.2. The van der Waals surface area contributed by atoms with Gasteiger partial charge in [0.05, 0.1) is 18.7 Å². The number of carbonyl (C=O) groups excluding carboxylic acids is 10. The third-order valence-corrected chi connectivity index (χ3v) is 15.1. The Morgan fingerprint density at radius 3 is 1.75 bits per heavy atom. The summed E-state index contributed by atoms with van der Waals surface area (Å²) in [6, 6.07) is -10.9. The zero-order valence-corrected chi connectivity index (χ0v) is 49.1. The average Bonchev–Trinajstić information content (AvgIpc) is 4.01. The predicted molar refractivity (Wildman–Crippen MR) is 308 cm³/mol. The molecule has 29 nitrogen and oxygen atoms in total. The molecule has 0 spiro atoms. The second-order valence-corrected chi connectivity index (χ2v) is 22.4. The SMILES string of the molecule is CCC(C)[C@@H]1NC(=O)[C@H](C(C)C)NC(=O)CNC(=O)[C@H](CCCN=C(N)N)NC(=O)[C@H](CCCCN)NC(=O)CSC[C@@H](C)NC(=O)[C@H](CCCN=C(N)N)NC(=O)[C@H](CCSC)NC(=O)C2CCCN2C(=O)C(CC(=O)O)NC1=O. The fraction of sp³-hybridized carbons (Fsp3) is 0.740. The number of hydrogen-bond donors (Lipinski definition) is 15. The zero-order valence-electron chi connectivity index (χ0n) is 47.5. The number of nitrogens with two attached hydrogens (primary N) is 5. The summed E-state index contributed by atoms with van der Waals surface area (Å²) in [7, 11) is 0. The van der Waals surface area contributed by atoms with Gasteiger partial charge >= 0.3 is 5.97 Å². The van der Waals surface area contributed by atoms with Gasteiger partial charge in [-0.05, 0) is 102 Å². The Hall–Kier alpha value is -6.63. The van der Waals surface area contributed by atoms with Crippen LogP contribution in [0.4, 0.5) is 0 Å². The standard InChI is InChI=1S/C50H89N17O12S2/c1-7-28(4)40-47(78)64-34(23-38(70)71)48(79)67-21-12-16-35(67)45(76)63-33(17-22-80-6)44(75)62-32(15-11-20-57-50(54)55)42(73)59-29(5)25-81-26-37(69)60-31(13-8-9-18-51)43(74)61-30(14-10-19-56-49(52)53)41(72)58-24-36(68)65-39(27(2)3)46(77)66-40/h27-35,39-40H,7-26,51H2,1-6H3,(H,58,72)(H,59,73)(H,60,69)(H,61,74)(H,62,75)(H,63,76)(H,64,78)(H,65,68)(H,66,77)(H,70,71)(H4,52,53,56)(H4,54,55,57)/t28?,29-,30+,31+,32+,33+,34?,35?,39+,40+/m1/s1. The number of carboxylic acid groups (broad SMARTS) is 1. The molecule has 2 heterocycles. The second kappa shape index (κ2) is 37.4. The first-order valence-electron chi connectivity index (χ1n) is 27.4. The van der Waals surface area contributed by atoms with Crippen molar-refractivity contribution in [3.8, 4) is 0 Å². The molecule has 20 N–H and O–H groups in total. The molecule has 0 aromatic carbocycles. The minimum Gasteiger partial charge on any atom is -0.481 e. The Balaban J connectivity index is 2.68. The summed E-state index contributed by atoms with van der Waals surface area (Å²) in [6.45, 7) is 8.14. The van der Waals surface area contributed by atoms with Crippen molar-refractivity contribution < 1.29 is 57.8 Å². The summed E-state index contributed by atoms with van der Waals surface area (Å²) >= 11 is 2.53. The summed E-state index contributed by atoms with van der Waals surface area (Å²) in [5.74, 6) is -10.2. The summed E-state index contributed by atoms with van der Waals surface area (Å²) in [5, 5.41) is 34.0. The predicted octanol–water partition coefficient (Wildman–Crippen LogP) is -4.10. The van der Waals surface area contributed by atoms with Crippen molar-refractivity contribution in [3.63, 3.8) is 0 Å². The van der Waals surface area contributed by atoms with Gasteiger partial charge in [-0.15, -0.1) is 11.8 Å². The van der Waals surface area contributed by atoms with Crippen LogP contribution >= 0.6 is 23.5 Å². The highest BCUT2D eigenvalue weighted by Gasteiger charge is 2.41. The molecule has 0 bridgehead atoms. The number of amides is 10. The summed E-state index contributed by atoms with van der Waals surface area (Å²) in [5.41, 5.74) is 27.8. The van der Waals surface area contributed by atoms with Gasteiger partial charge in [0.15, 0.2) is 11.9 Å². The first-order valence-corrected chi connectivity index (χ1v) is 30.0. The maximum Gasteiger partial charge on any atom is 0.305 e. The van der Waals surface area contributed by atoms with E-state index in [9.17, 15) is 57.8 Å². The Bertz CT molecular complexity index is 2200. The largest absolute Gasteiger partial charge is 0.481 e. The van der Waals surface area contributed by atoms with Gasteiger partial charge in [-0.2, -0.15) is 11.8 Å². The van der Waals surface area contributed by atoms with E-state index in [1.165, 1.54) is 11.8 Å². The van der Waals surface area contributed by atoms with E-state index in [-0.39, 0.29) is 88.0 Å². The number of carbonyl (C=O) groups is 11. The van der Waals surface area contributed by atoms with Crippen LogP contribution in [0.15, 0.2) is 9.98 Å². The lowest BCUT2D eigenvalue weighted by Gasteiger charge is -2.32. The molecule has 2 fully saturated rings. The number of thioether (sulfide) groups is 2. The highest BCUT2D eigenvalue weighted by Crippen LogP contribution is 2.21. The molecule has 81 heavy (non-hydrogen) atoms. The molecule has 2 aliphatic rings. The number of fused-ring (bicyclic) bond motifs is 1. The number of nitrogens with zero attached hydrogens (tertiary/aromatic N) is 3. The van der Waals surface area contributed by atoms with Crippen LogP contribution in [0.5, 0.6) is 0 Å². The summed E-state index contributed by atoms with van der Waals surface area (Å²) < 4.78 is 0. The van der Waals surface area contributed by atoms with Gasteiger partial charge in [0.1, 0.15) is 48.3 Å². The number of carboxylic acids is 1. The van der Waals surface area contributed by atoms with Gasteiger partial charge in [-0.3, -0.25) is 62.7 Å². The molecule has 10 amide bonds. The van der Waals surface area contributed by atoms with E-state index in [2.05, 4.69) is 57.8 Å². The van der Waals surface area contributed by atoms with Gasteiger partial charge in [-0.25, -0.2) is 0 Å². The zero-order chi connectivity index (χ0) is 60.8. The van der Waals surface area contributed by atoms with E-state index in [1.807, 2.05) is 0 Å². The van der Waals surface area contributed by atoms with E-state index in [4.69, 9.17) is 28.7 Å². The molecule has 458 valence electrons. The summed E-state index contributed by atoms with van der Waals surface area (Å²) in [4.78, 5) is 161. The second-order valence-electron chi connectivity index (χ2n) is 20.4. The Kier molecular flexibility index (Phi) is 32.5. The van der Waals surface area contributed by atoms with Crippen molar-refractivity contribution in [2.75, 3.05) is 56.2 Å². The topological polar surface area (TPSA) is 474 Å². The van der Waals surface area contributed by atoms with E-state index in [0.717, 1.165) is 16.7 Å². The number of unbranched alkanes of at least 4 members (excludes halogenated alkanes) is 1. The molecule has 3 unspecified atom stereocenters. The van der Waals surface area contributed by atoms with Gasteiger partial charge in [0.2, 0.25) is 59.1 Å². The fourth-order valence-corrected chi connectivity index (χ4v) is 10.0. The number of nitrogens with one attached hydrogen (secondary N) is 9. The normalized spacial score (nSPS) is 25.5. The van der Waals surface area contributed by atoms with Crippen molar-refractivity contribution in [2.45, 2.75) is 166 Å². The van der Waals surface area contributed by atoms with E-state index >= 15 is 0 Å². The molecule has 2 rings (SSSR count). The first kappa shape index (κ1) is 70.5. The molecular weight excluding hydrogens is 1090 g/mol. The van der Waals surface area contributed by atoms with Crippen LogP contribution in [0.3, 0.4) is 0 Å². The lowest BCUT2D eigenvalue weighted by Crippen LogP contribution is -2.61. The minimum atomic E-state index is -1.72. The smallest absolute Gasteiger partial charge is 0.305 e. The molecule has 0 aromatic heterocycles. The Labute approximate surface area is 482 Å². The maximum absolute atomic E-state index is 14.4. The molecule has 2 aliphatic heterocycles. The lowest BCUT2D eigenvalue weighted by atomic mass is 9.96. The molecule has 0 aromatic rings. The van der Waals surface area contributed by atoms with Crippen molar-refractivity contribution in [1.82, 2.24) is 52.8 Å². The number of hydrogen-bond acceptors (Lipinski definition) is 16. The van der Waals surface area contributed by atoms with Gasteiger partial charge in [0.25, 0.3) is 0 Å². The van der Waals surface area contributed by atoms with Crippen molar-refractivity contribution in [1.29, 1.82) is 0 Å². The van der Waals surface area contributed by atoms with Crippen LogP contribution in [0.25, 0.3) is 0 Å². The van der Waals surface area contributed by atoms with Crippen LogP contribution in [-0.2, 0) is 52.7 Å². The molecular formula is C50H89N17O12S2. The highest BCUT2D eigenvalue weighted by atomic mass is 32.2. The van der Waals surface area contributed by atoms with Crippen molar-refractivity contribution >= 4 is 100 Å².